The molecule has 1 saturated carbocycles. The summed E-state index contributed by atoms with van der Waals surface area (Å²) in [5.41, 5.74) is 0.722. The van der Waals surface area contributed by atoms with Crippen LogP contribution < -0.4 is 4.90 Å². The molecule has 1 N–H and O–H groups in total. The number of nitrogens with zero attached hydrogens (tertiary/aromatic N) is 4. The Bertz CT molecular complexity index is 561. The maximum absolute atomic E-state index is 12.2. The average Bonchev–Trinajstić information content (AvgIpc) is 3.16. The van der Waals surface area contributed by atoms with Gasteiger partial charge in [0.25, 0.3) is 5.91 Å². The number of nitrogens with one attached hydrogen (secondary N) is 1. The highest BCUT2D eigenvalue weighted by Gasteiger charge is 2.28. The fourth-order valence-corrected chi connectivity index (χ4v) is 1.73. The molecule has 0 atom stereocenters. The number of aromatic nitrogens is 4. The summed E-state index contributed by atoms with van der Waals surface area (Å²) >= 11 is 0. The van der Waals surface area contributed by atoms with Gasteiger partial charge in [-0.3, -0.25) is 14.9 Å². The highest BCUT2D eigenvalue weighted by atomic mass is 16.2. The van der Waals surface area contributed by atoms with Crippen LogP contribution in [0.1, 0.15) is 35.2 Å². The van der Waals surface area contributed by atoms with Crippen molar-refractivity contribution in [3.63, 3.8) is 0 Å². The Kier molecular flexibility index (Phi) is 2.55. The van der Waals surface area contributed by atoms with Crippen molar-refractivity contribution < 1.29 is 4.79 Å². The molecular formula is C12H13N5O. The molecule has 3 rings (SSSR count). The van der Waals surface area contributed by atoms with Gasteiger partial charge in [-0.1, -0.05) is 0 Å². The van der Waals surface area contributed by atoms with E-state index in [9.17, 15) is 4.79 Å². The number of pyridine rings is 1. The van der Waals surface area contributed by atoms with E-state index in [1.165, 1.54) is 4.90 Å². The van der Waals surface area contributed by atoms with Crippen LogP contribution in [0.5, 0.6) is 0 Å². The second-order valence-corrected chi connectivity index (χ2v) is 4.39. The number of hydrogen-bond donors (Lipinski definition) is 1. The zero-order chi connectivity index (χ0) is 12.5. The van der Waals surface area contributed by atoms with E-state index in [1.54, 1.807) is 25.5 Å². The van der Waals surface area contributed by atoms with Crippen molar-refractivity contribution in [2.45, 2.75) is 18.8 Å². The first kappa shape index (κ1) is 10.9. The molecule has 1 fully saturated rings. The van der Waals surface area contributed by atoms with E-state index in [-0.39, 0.29) is 11.7 Å². The number of anilines is 1. The number of H-pyrrole nitrogens is 1. The lowest BCUT2D eigenvalue weighted by atomic mass is 10.3. The Morgan fingerprint density at radius 2 is 2.33 bits per heavy atom. The Morgan fingerprint density at radius 3 is 3.00 bits per heavy atom. The van der Waals surface area contributed by atoms with Crippen LogP contribution in [0.4, 0.5) is 5.69 Å². The minimum Gasteiger partial charge on any atom is -0.307 e. The standard InChI is InChI=1S/C12H13N5O/c1-17(9-3-2-6-13-7-9)12(18)11-14-10(15-16-11)8-4-5-8/h2-3,6-8H,4-5H2,1H3,(H,14,15,16). The number of aromatic amines is 1. The molecule has 1 aliphatic carbocycles. The summed E-state index contributed by atoms with van der Waals surface area (Å²) in [5.74, 6) is 1.26. The Balaban J connectivity index is 1.80. The van der Waals surface area contributed by atoms with Gasteiger partial charge >= 0.3 is 0 Å². The Morgan fingerprint density at radius 1 is 1.50 bits per heavy atom. The third kappa shape index (κ3) is 1.97. The molecule has 0 radical (unpaired) electrons. The minimum absolute atomic E-state index is 0.211. The molecule has 0 saturated heterocycles. The van der Waals surface area contributed by atoms with E-state index in [1.807, 2.05) is 6.07 Å². The molecule has 0 spiro atoms. The second-order valence-electron chi connectivity index (χ2n) is 4.39. The van der Waals surface area contributed by atoms with Gasteiger partial charge in [-0.05, 0) is 25.0 Å². The SMILES string of the molecule is CN(C(=O)c1n[nH]c(C2CC2)n1)c1cccnc1. The Hall–Kier alpha value is -2.24. The molecule has 0 unspecified atom stereocenters. The van der Waals surface area contributed by atoms with Crippen LogP contribution in [0.2, 0.25) is 0 Å². The number of amides is 1. The predicted octanol–water partition coefficient (Wildman–Crippen LogP) is 1.35. The molecule has 6 nitrogen and oxygen atoms in total. The van der Waals surface area contributed by atoms with Crippen molar-refractivity contribution in [1.82, 2.24) is 20.2 Å². The fraction of sp³-hybridized carbons (Fsp3) is 0.333. The third-order valence-corrected chi connectivity index (χ3v) is 3.00. The van der Waals surface area contributed by atoms with Crippen LogP contribution in [-0.2, 0) is 0 Å². The van der Waals surface area contributed by atoms with Gasteiger partial charge in [0.1, 0.15) is 5.82 Å². The molecule has 1 amide bonds. The molecular weight excluding hydrogens is 230 g/mol. The minimum atomic E-state index is -0.230. The van der Waals surface area contributed by atoms with E-state index in [0.29, 0.717) is 5.92 Å². The van der Waals surface area contributed by atoms with Gasteiger partial charge < -0.3 is 4.90 Å². The van der Waals surface area contributed by atoms with E-state index in [2.05, 4.69) is 20.2 Å². The largest absolute Gasteiger partial charge is 0.307 e. The first-order valence-corrected chi connectivity index (χ1v) is 5.86. The molecule has 2 aromatic rings. The summed E-state index contributed by atoms with van der Waals surface area (Å²) < 4.78 is 0. The zero-order valence-corrected chi connectivity index (χ0v) is 10.00. The first-order chi connectivity index (χ1) is 8.75. The predicted molar refractivity (Wildman–Crippen MR) is 65.3 cm³/mol. The summed E-state index contributed by atoms with van der Waals surface area (Å²) in [6.45, 7) is 0. The molecule has 0 aliphatic heterocycles. The van der Waals surface area contributed by atoms with E-state index in [4.69, 9.17) is 0 Å². The van der Waals surface area contributed by atoms with Gasteiger partial charge in [0.05, 0.1) is 11.9 Å². The van der Waals surface area contributed by atoms with Gasteiger partial charge in [-0.15, -0.1) is 5.10 Å². The summed E-state index contributed by atoms with van der Waals surface area (Å²) in [4.78, 5) is 21.9. The van der Waals surface area contributed by atoms with Gasteiger partial charge in [-0.25, -0.2) is 4.98 Å². The Labute approximate surface area is 104 Å². The van der Waals surface area contributed by atoms with Crippen LogP contribution in [0.3, 0.4) is 0 Å². The smallest absolute Gasteiger partial charge is 0.297 e. The highest BCUT2D eigenvalue weighted by molar-refractivity contribution is 6.02. The lowest BCUT2D eigenvalue weighted by Crippen LogP contribution is -2.27. The quantitative estimate of drug-likeness (QED) is 0.883. The van der Waals surface area contributed by atoms with E-state index in [0.717, 1.165) is 24.4 Å². The molecule has 18 heavy (non-hydrogen) atoms. The lowest BCUT2D eigenvalue weighted by Gasteiger charge is -2.14. The molecule has 0 bridgehead atoms. The fourth-order valence-electron chi connectivity index (χ4n) is 1.73. The molecule has 1 aliphatic rings. The van der Waals surface area contributed by atoms with Crippen LogP contribution in [0.15, 0.2) is 24.5 Å². The van der Waals surface area contributed by atoms with Crippen molar-refractivity contribution >= 4 is 11.6 Å². The van der Waals surface area contributed by atoms with Crippen molar-refractivity contribution in [1.29, 1.82) is 0 Å². The van der Waals surface area contributed by atoms with Crippen LogP contribution in [0.25, 0.3) is 0 Å². The lowest BCUT2D eigenvalue weighted by molar-refractivity contribution is 0.0983. The van der Waals surface area contributed by atoms with Crippen LogP contribution >= 0.6 is 0 Å². The van der Waals surface area contributed by atoms with Crippen molar-refractivity contribution in [3.8, 4) is 0 Å². The summed E-state index contributed by atoms with van der Waals surface area (Å²) in [7, 11) is 1.69. The van der Waals surface area contributed by atoms with Gasteiger partial charge in [0.15, 0.2) is 0 Å². The van der Waals surface area contributed by atoms with Crippen molar-refractivity contribution in [2.24, 2.45) is 0 Å². The average molecular weight is 243 g/mol. The third-order valence-electron chi connectivity index (χ3n) is 3.00. The first-order valence-electron chi connectivity index (χ1n) is 5.86. The zero-order valence-electron chi connectivity index (χ0n) is 10.00. The number of rotatable bonds is 3. The topological polar surface area (TPSA) is 74.8 Å². The molecule has 92 valence electrons. The van der Waals surface area contributed by atoms with Crippen LogP contribution in [-0.4, -0.2) is 33.1 Å². The van der Waals surface area contributed by atoms with Gasteiger partial charge in [0, 0.05) is 19.2 Å². The second kappa shape index (κ2) is 4.21. The molecule has 6 heteroatoms. The number of carbonyl (C=O) groups excluding carboxylic acids is 1. The maximum Gasteiger partial charge on any atom is 0.297 e. The number of hydrogen-bond acceptors (Lipinski definition) is 4. The molecule has 2 heterocycles. The molecule has 0 aromatic carbocycles. The van der Waals surface area contributed by atoms with E-state index >= 15 is 0 Å². The van der Waals surface area contributed by atoms with Gasteiger partial charge in [0.2, 0.25) is 5.82 Å². The van der Waals surface area contributed by atoms with Crippen LogP contribution in [0, 0.1) is 0 Å². The normalized spacial score (nSPS) is 14.5. The summed E-state index contributed by atoms with van der Waals surface area (Å²) in [6, 6.07) is 3.60. The number of carbonyl (C=O) groups is 1. The van der Waals surface area contributed by atoms with Crippen molar-refractivity contribution in [3.05, 3.63) is 36.2 Å². The van der Waals surface area contributed by atoms with Crippen molar-refractivity contribution in [2.75, 3.05) is 11.9 Å². The molecule has 2 aromatic heterocycles. The highest BCUT2D eigenvalue weighted by Crippen LogP contribution is 2.37. The summed E-state index contributed by atoms with van der Waals surface area (Å²) in [5, 5.41) is 6.81. The monoisotopic (exact) mass is 243 g/mol. The summed E-state index contributed by atoms with van der Waals surface area (Å²) in [6.07, 6.45) is 5.55. The maximum atomic E-state index is 12.2. The van der Waals surface area contributed by atoms with Gasteiger partial charge in [-0.2, -0.15) is 0 Å². The van der Waals surface area contributed by atoms with E-state index < -0.39 is 0 Å².